The number of hydrogen-bond acceptors (Lipinski definition) is 5. The van der Waals surface area contributed by atoms with E-state index in [0.29, 0.717) is 22.5 Å². The van der Waals surface area contributed by atoms with Gasteiger partial charge in [-0.15, -0.1) is 0 Å². The molecule has 5 rings (SSSR count). The van der Waals surface area contributed by atoms with Crippen molar-refractivity contribution >= 4 is 31.8 Å². The fourth-order valence-electron chi connectivity index (χ4n) is 3.54. The highest BCUT2D eigenvalue weighted by Crippen LogP contribution is 2.39. The lowest BCUT2D eigenvalue weighted by molar-refractivity contribution is 0.0874. The predicted molar refractivity (Wildman–Crippen MR) is 94.3 cm³/mol. The van der Waals surface area contributed by atoms with Crippen LogP contribution in [-0.2, 0) is 10.0 Å². The Morgan fingerprint density at radius 3 is 2.54 bits per heavy atom. The molecule has 24 heavy (non-hydrogen) atoms. The average molecular weight is 409 g/mol. The summed E-state index contributed by atoms with van der Waals surface area (Å²) >= 11 is 3.36. The first-order valence-corrected chi connectivity index (χ1v) is 10.0. The van der Waals surface area contributed by atoms with Crippen molar-refractivity contribution in [1.29, 1.82) is 0 Å². The Labute approximate surface area is 149 Å². The van der Waals surface area contributed by atoms with Crippen molar-refractivity contribution in [3.63, 3.8) is 0 Å². The molecule has 2 atom stereocenters. The minimum Gasteiger partial charge on any atom is -0.353 e. The molecule has 0 saturated carbocycles. The molecular formula is C16H17BrN4O2S. The standard InChI is InChI=1S/C16H17BrN4O2S/c1-11-18-7-6-16(19-11)20-9-12-8-13(10-20)21(12)24(22,23)15-5-3-2-4-14(15)17/h2-7,12-13H,8-10H2,1H3. The summed E-state index contributed by atoms with van der Waals surface area (Å²) in [5.74, 6) is 1.60. The molecule has 0 amide bonds. The van der Waals surface area contributed by atoms with Crippen LogP contribution in [-0.4, -0.2) is 47.9 Å². The smallest absolute Gasteiger partial charge is 0.244 e. The molecule has 2 unspecified atom stereocenters. The SMILES string of the molecule is Cc1nccc(N2CC3CC(C2)N3S(=O)(=O)c2ccccc2Br)n1. The van der Waals surface area contributed by atoms with Crippen LogP contribution < -0.4 is 4.90 Å². The van der Waals surface area contributed by atoms with Crippen molar-refractivity contribution in [3.05, 3.63) is 46.8 Å². The maximum atomic E-state index is 13.0. The summed E-state index contributed by atoms with van der Waals surface area (Å²) in [6, 6.07) is 8.86. The third-order valence-electron chi connectivity index (χ3n) is 4.60. The molecule has 4 heterocycles. The molecule has 126 valence electrons. The number of piperidine rings is 1. The van der Waals surface area contributed by atoms with E-state index in [9.17, 15) is 8.42 Å². The summed E-state index contributed by atoms with van der Waals surface area (Å²) in [6.07, 6.45) is 2.65. The second kappa shape index (κ2) is 5.79. The van der Waals surface area contributed by atoms with Crippen LogP contribution in [0.3, 0.4) is 0 Å². The highest BCUT2D eigenvalue weighted by molar-refractivity contribution is 9.10. The third kappa shape index (κ3) is 2.53. The Hall–Kier alpha value is -1.51. The molecule has 0 aliphatic carbocycles. The Balaban J connectivity index is 1.58. The van der Waals surface area contributed by atoms with E-state index in [-0.39, 0.29) is 12.1 Å². The minimum absolute atomic E-state index is 0.00359. The number of aryl methyl sites for hydroxylation is 1. The van der Waals surface area contributed by atoms with E-state index in [1.807, 2.05) is 19.1 Å². The first-order valence-electron chi connectivity index (χ1n) is 7.79. The lowest BCUT2D eigenvalue weighted by Crippen LogP contribution is -2.70. The molecule has 3 fully saturated rings. The van der Waals surface area contributed by atoms with Crippen molar-refractivity contribution < 1.29 is 8.42 Å². The summed E-state index contributed by atoms with van der Waals surface area (Å²) in [6.45, 7) is 3.19. The van der Waals surface area contributed by atoms with Gasteiger partial charge < -0.3 is 4.90 Å². The molecule has 2 aromatic rings. The quantitative estimate of drug-likeness (QED) is 0.778. The number of aromatic nitrogens is 2. The highest BCUT2D eigenvalue weighted by atomic mass is 79.9. The highest BCUT2D eigenvalue weighted by Gasteiger charge is 2.51. The number of fused-ring (bicyclic) bond motifs is 2. The van der Waals surface area contributed by atoms with Crippen LogP contribution in [0.25, 0.3) is 0 Å². The van der Waals surface area contributed by atoms with Gasteiger partial charge in [-0.05, 0) is 47.5 Å². The first kappa shape index (κ1) is 16.0. The monoisotopic (exact) mass is 408 g/mol. The molecule has 3 aliphatic heterocycles. The molecule has 0 N–H and O–H groups in total. The third-order valence-corrected chi connectivity index (χ3v) is 7.62. The predicted octanol–water partition coefficient (Wildman–Crippen LogP) is 2.20. The van der Waals surface area contributed by atoms with E-state index in [1.54, 1.807) is 28.7 Å². The Morgan fingerprint density at radius 1 is 1.17 bits per heavy atom. The van der Waals surface area contributed by atoms with Gasteiger partial charge >= 0.3 is 0 Å². The summed E-state index contributed by atoms with van der Waals surface area (Å²) in [5, 5.41) is 0. The van der Waals surface area contributed by atoms with Gasteiger partial charge in [0.2, 0.25) is 10.0 Å². The summed E-state index contributed by atoms with van der Waals surface area (Å²) in [5.41, 5.74) is 0. The van der Waals surface area contributed by atoms with Crippen LogP contribution in [0, 0.1) is 6.92 Å². The molecule has 1 aromatic heterocycles. The lowest BCUT2D eigenvalue weighted by Gasteiger charge is -2.55. The van der Waals surface area contributed by atoms with Crippen LogP contribution in [0.2, 0.25) is 0 Å². The maximum absolute atomic E-state index is 13.0. The van der Waals surface area contributed by atoms with E-state index < -0.39 is 10.0 Å². The number of sulfonamides is 1. The molecule has 3 saturated heterocycles. The van der Waals surface area contributed by atoms with Gasteiger partial charge in [0.25, 0.3) is 0 Å². The zero-order chi connectivity index (χ0) is 16.9. The number of halogens is 1. The van der Waals surface area contributed by atoms with E-state index in [1.165, 1.54) is 0 Å². The normalized spacial score (nSPS) is 23.8. The fourth-order valence-corrected chi connectivity index (χ4v) is 6.32. The zero-order valence-corrected chi connectivity index (χ0v) is 15.5. The van der Waals surface area contributed by atoms with Crippen LogP contribution in [0.15, 0.2) is 45.9 Å². The Kier molecular flexibility index (Phi) is 3.85. The average Bonchev–Trinajstić information content (AvgIpc) is 2.54. The molecule has 1 aromatic carbocycles. The number of rotatable bonds is 3. The van der Waals surface area contributed by atoms with Gasteiger partial charge in [0.1, 0.15) is 11.6 Å². The lowest BCUT2D eigenvalue weighted by atomic mass is 9.91. The number of piperazine rings is 1. The number of anilines is 1. The van der Waals surface area contributed by atoms with Crippen molar-refractivity contribution in [1.82, 2.24) is 14.3 Å². The Morgan fingerprint density at radius 2 is 1.88 bits per heavy atom. The number of benzene rings is 1. The molecule has 2 bridgehead atoms. The second-order valence-corrected chi connectivity index (χ2v) is 8.84. The van der Waals surface area contributed by atoms with Gasteiger partial charge in [-0.1, -0.05) is 12.1 Å². The molecule has 8 heteroatoms. The van der Waals surface area contributed by atoms with E-state index in [0.717, 1.165) is 18.1 Å². The van der Waals surface area contributed by atoms with Crippen LogP contribution >= 0.6 is 15.9 Å². The largest absolute Gasteiger partial charge is 0.353 e. The summed E-state index contributed by atoms with van der Waals surface area (Å²) in [7, 11) is -3.48. The van der Waals surface area contributed by atoms with Gasteiger partial charge in [0, 0.05) is 35.8 Å². The van der Waals surface area contributed by atoms with E-state index >= 15 is 0 Å². The molecule has 6 nitrogen and oxygen atoms in total. The van der Waals surface area contributed by atoms with Crippen LogP contribution in [0.1, 0.15) is 12.2 Å². The van der Waals surface area contributed by atoms with Gasteiger partial charge in [0.15, 0.2) is 0 Å². The first-order chi connectivity index (χ1) is 11.5. The second-order valence-electron chi connectivity index (χ2n) is 6.18. The van der Waals surface area contributed by atoms with Gasteiger partial charge in [-0.3, -0.25) is 0 Å². The van der Waals surface area contributed by atoms with Crippen molar-refractivity contribution in [2.24, 2.45) is 0 Å². The van der Waals surface area contributed by atoms with Crippen molar-refractivity contribution in [2.45, 2.75) is 30.3 Å². The molecular weight excluding hydrogens is 392 g/mol. The molecule has 3 aliphatic rings. The Bertz CT molecular complexity index is 877. The van der Waals surface area contributed by atoms with Gasteiger partial charge in [0.05, 0.1) is 4.90 Å². The molecule has 0 spiro atoms. The van der Waals surface area contributed by atoms with E-state index in [2.05, 4.69) is 30.8 Å². The van der Waals surface area contributed by atoms with Crippen LogP contribution in [0.4, 0.5) is 5.82 Å². The van der Waals surface area contributed by atoms with Gasteiger partial charge in [-0.25, -0.2) is 18.4 Å². The minimum atomic E-state index is -3.48. The number of hydrogen-bond donors (Lipinski definition) is 0. The summed E-state index contributed by atoms with van der Waals surface area (Å²) in [4.78, 5) is 11.1. The number of nitrogens with zero attached hydrogens (tertiary/aromatic N) is 4. The zero-order valence-electron chi connectivity index (χ0n) is 13.1. The fraction of sp³-hybridized carbons (Fsp3) is 0.375. The molecule has 0 radical (unpaired) electrons. The van der Waals surface area contributed by atoms with Crippen LogP contribution in [0.5, 0.6) is 0 Å². The summed E-state index contributed by atoms with van der Waals surface area (Å²) < 4.78 is 28.3. The topological polar surface area (TPSA) is 66.4 Å². The van der Waals surface area contributed by atoms with Crippen molar-refractivity contribution in [3.8, 4) is 0 Å². The van der Waals surface area contributed by atoms with E-state index in [4.69, 9.17) is 0 Å². The van der Waals surface area contributed by atoms with Gasteiger partial charge in [-0.2, -0.15) is 4.31 Å². The maximum Gasteiger partial charge on any atom is 0.244 e. The van der Waals surface area contributed by atoms with Crippen molar-refractivity contribution in [2.75, 3.05) is 18.0 Å².